The summed E-state index contributed by atoms with van der Waals surface area (Å²) in [6, 6.07) is 12.0. The van der Waals surface area contributed by atoms with Crippen LogP contribution in [0.3, 0.4) is 0 Å². The number of nitrogens with zero attached hydrogens (tertiary/aromatic N) is 7. The second-order valence-electron chi connectivity index (χ2n) is 7.82. The van der Waals surface area contributed by atoms with Crippen molar-refractivity contribution in [2.45, 2.75) is 6.04 Å². The van der Waals surface area contributed by atoms with E-state index in [-0.39, 0.29) is 17.8 Å². The number of benzene rings is 1. The zero-order valence-electron chi connectivity index (χ0n) is 17.3. The summed E-state index contributed by atoms with van der Waals surface area (Å²) in [6.45, 7) is 1.88. The van der Waals surface area contributed by atoms with Crippen LogP contribution < -0.4 is 0 Å². The highest BCUT2D eigenvalue weighted by molar-refractivity contribution is 5.92. The van der Waals surface area contributed by atoms with Gasteiger partial charge in [0.15, 0.2) is 0 Å². The number of hydrogen-bond donors (Lipinski definition) is 0. The van der Waals surface area contributed by atoms with Gasteiger partial charge in [-0.05, 0) is 36.9 Å². The Hall–Kier alpha value is -3.59. The molecular weight excluding hydrogens is 397 g/mol. The number of pyridine rings is 1. The molecule has 0 bridgehead atoms. The average molecular weight is 419 g/mol. The van der Waals surface area contributed by atoms with Crippen LogP contribution in [0.1, 0.15) is 22.2 Å². The fourth-order valence-electron chi connectivity index (χ4n) is 4.09. The summed E-state index contributed by atoms with van der Waals surface area (Å²) < 4.78 is 16.9. The third-order valence-electron chi connectivity index (χ3n) is 5.89. The molecule has 9 heteroatoms. The summed E-state index contributed by atoms with van der Waals surface area (Å²) in [5.41, 5.74) is 3.88. The van der Waals surface area contributed by atoms with Crippen LogP contribution in [0.5, 0.6) is 0 Å². The van der Waals surface area contributed by atoms with E-state index in [4.69, 9.17) is 0 Å². The molecule has 5 rings (SSSR count). The molecule has 1 aliphatic rings. The maximum atomic E-state index is 13.6. The first-order valence-electron chi connectivity index (χ1n) is 10.1. The van der Waals surface area contributed by atoms with E-state index in [1.54, 1.807) is 34.6 Å². The van der Waals surface area contributed by atoms with Crippen LogP contribution in [0.25, 0.3) is 16.6 Å². The van der Waals surface area contributed by atoms with Crippen molar-refractivity contribution >= 4 is 11.4 Å². The summed E-state index contributed by atoms with van der Waals surface area (Å²) in [7, 11) is 3.80. The summed E-state index contributed by atoms with van der Waals surface area (Å²) in [6.07, 6.45) is 3.48. The van der Waals surface area contributed by atoms with E-state index in [2.05, 4.69) is 20.3 Å². The molecule has 4 aromatic rings. The summed E-state index contributed by atoms with van der Waals surface area (Å²) in [5, 5.41) is 12.8. The van der Waals surface area contributed by atoms with E-state index in [9.17, 15) is 9.18 Å². The van der Waals surface area contributed by atoms with Crippen LogP contribution in [0.15, 0.2) is 54.9 Å². The Bertz CT molecular complexity index is 1260. The molecule has 0 spiro atoms. The molecule has 0 N–H and O–H groups in total. The molecule has 31 heavy (non-hydrogen) atoms. The van der Waals surface area contributed by atoms with Gasteiger partial charge in [0.05, 0.1) is 11.6 Å². The fraction of sp³-hybridized carbons (Fsp3) is 0.273. The van der Waals surface area contributed by atoms with Crippen molar-refractivity contribution in [2.75, 3.05) is 26.7 Å². The van der Waals surface area contributed by atoms with Crippen LogP contribution in [-0.4, -0.2) is 67.0 Å². The highest BCUT2D eigenvalue weighted by Gasteiger charge is 2.32. The Labute approximate surface area is 178 Å². The van der Waals surface area contributed by atoms with Gasteiger partial charge in [-0.3, -0.25) is 14.4 Å². The minimum atomic E-state index is -0.279. The second kappa shape index (κ2) is 7.59. The molecule has 0 radical (unpaired) electrons. The first-order chi connectivity index (χ1) is 15.0. The van der Waals surface area contributed by atoms with Gasteiger partial charge in [0.25, 0.3) is 5.91 Å². The number of carbonyl (C=O) groups excluding carboxylic acids is 1. The van der Waals surface area contributed by atoms with Crippen molar-refractivity contribution in [3.8, 4) is 11.1 Å². The Kier molecular flexibility index (Phi) is 4.74. The second-order valence-corrected chi connectivity index (χ2v) is 7.82. The number of fused-ring (bicyclic) bond motifs is 1. The maximum absolute atomic E-state index is 13.6. The van der Waals surface area contributed by atoms with Crippen molar-refractivity contribution in [3.05, 3.63) is 72.1 Å². The summed E-state index contributed by atoms with van der Waals surface area (Å²) in [5.74, 6) is -0.318. The Balaban J connectivity index is 1.45. The van der Waals surface area contributed by atoms with Gasteiger partial charge in [0.2, 0.25) is 0 Å². The summed E-state index contributed by atoms with van der Waals surface area (Å²) >= 11 is 0. The minimum Gasteiger partial charge on any atom is -0.334 e. The number of rotatable bonds is 3. The zero-order chi connectivity index (χ0) is 21.5. The molecule has 1 saturated heterocycles. The predicted molar refractivity (Wildman–Crippen MR) is 113 cm³/mol. The molecule has 0 aliphatic carbocycles. The number of carbonyl (C=O) groups is 1. The van der Waals surface area contributed by atoms with Gasteiger partial charge in [-0.1, -0.05) is 23.4 Å². The number of halogens is 1. The predicted octanol–water partition coefficient (Wildman–Crippen LogP) is 2.40. The van der Waals surface area contributed by atoms with Crippen LogP contribution in [0.4, 0.5) is 4.39 Å². The highest BCUT2D eigenvalue weighted by atomic mass is 19.1. The topological polar surface area (TPSA) is 71.6 Å². The van der Waals surface area contributed by atoms with Crippen molar-refractivity contribution in [3.63, 3.8) is 0 Å². The van der Waals surface area contributed by atoms with Gasteiger partial charge in [0.1, 0.15) is 17.2 Å². The maximum Gasteiger partial charge on any atom is 0.272 e. The lowest BCUT2D eigenvalue weighted by molar-refractivity contribution is 0.0531. The largest absolute Gasteiger partial charge is 0.334 e. The van der Waals surface area contributed by atoms with E-state index >= 15 is 0 Å². The molecule has 0 saturated carbocycles. The smallest absolute Gasteiger partial charge is 0.272 e. The Morgan fingerprint density at radius 2 is 1.97 bits per heavy atom. The third-order valence-corrected chi connectivity index (χ3v) is 5.89. The molecule has 1 aliphatic heterocycles. The number of likely N-dealkylation sites (N-methyl/N-ethyl adjacent to an activating group) is 1. The van der Waals surface area contributed by atoms with Gasteiger partial charge in [-0.15, -0.1) is 5.10 Å². The fourth-order valence-corrected chi connectivity index (χ4v) is 4.09. The van der Waals surface area contributed by atoms with E-state index in [1.807, 2.05) is 36.3 Å². The normalized spacial score (nSPS) is 17.4. The van der Waals surface area contributed by atoms with Gasteiger partial charge in [-0.25, -0.2) is 8.91 Å². The molecule has 3 aromatic heterocycles. The lowest BCUT2D eigenvalue weighted by atomic mass is 10.1. The zero-order valence-corrected chi connectivity index (χ0v) is 17.3. The number of amides is 1. The highest BCUT2D eigenvalue weighted by Crippen LogP contribution is 2.28. The number of aryl methyl sites for hydroxylation is 1. The first-order valence-corrected chi connectivity index (χ1v) is 10.1. The molecule has 4 heterocycles. The molecular formula is C22H22FN7O. The van der Waals surface area contributed by atoms with Crippen LogP contribution >= 0.6 is 0 Å². The number of aromatic nitrogens is 5. The quantitative estimate of drug-likeness (QED) is 0.510. The van der Waals surface area contributed by atoms with Gasteiger partial charge in [0, 0.05) is 44.6 Å². The molecule has 1 amide bonds. The molecule has 8 nitrogen and oxygen atoms in total. The van der Waals surface area contributed by atoms with E-state index < -0.39 is 0 Å². The van der Waals surface area contributed by atoms with Gasteiger partial charge < -0.3 is 4.90 Å². The van der Waals surface area contributed by atoms with Crippen molar-refractivity contribution in [2.24, 2.45) is 7.05 Å². The molecule has 0 unspecified atom stereocenters. The number of hydrogen-bond acceptors (Lipinski definition) is 5. The first kappa shape index (κ1) is 19.4. The van der Waals surface area contributed by atoms with Crippen LogP contribution in [0, 0.1) is 5.82 Å². The number of piperazine rings is 1. The van der Waals surface area contributed by atoms with Crippen LogP contribution in [0.2, 0.25) is 0 Å². The van der Waals surface area contributed by atoms with Gasteiger partial charge >= 0.3 is 0 Å². The molecule has 1 atom stereocenters. The van der Waals surface area contributed by atoms with E-state index in [1.165, 1.54) is 12.1 Å². The molecule has 158 valence electrons. The lowest BCUT2D eigenvalue weighted by Crippen LogP contribution is -2.49. The minimum absolute atomic E-state index is 0.0389. The standard InChI is InChI=1S/C22H22FN7O/c1-27-10-11-29(22(31)19-8-9-24-28(19)2)14-20(27)21-18-7-6-16(13-30(18)26-25-21)15-4-3-5-17(23)12-15/h3-9,12-13,20H,10-11,14H2,1-2H3/t20-/m0/s1. The Morgan fingerprint density at radius 3 is 2.74 bits per heavy atom. The molecule has 1 fully saturated rings. The monoisotopic (exact) mass is 419 g/mol. The summed E-state index contributed by atoms with van der Waals surface area (Å²) in [4.78, 5) is 17.0. The average Bonchev–Trinajstić information content (AvgIpc) is 3.39. The van der Waals surface area contributed by atoms with Crippen molar-refractivity contribution in [1.29, 1.82) is 0 Å². The van der Waals surface area contributed by atoms with Crippen molar-refractivity contribution < 1.29 is 9.18 Å². The SMILES string of the molecule is CN1CCN(C(=O)c2ccnn2C)C[C@H]1c1nnn2cc(-c3cccc(F)c3)ccc12. The van der Waals surface area contributed by atoms with Crippen LogP contribution in [-0.2, 0) is 7.05 Å². The lowest BCUT2D eigenvalue weighted by Gasteiger charge is -2.38. The third kappa shape index (κ3) is 3.46. The van der Waals surface area contributed by atoms with E-state index in [0.29, 0.717) is 18.8 Å². The van der Waals surface area contributed by atoms with Crippen molar-refractivity contribution in [1.82, 2.24) is 34.4 Å². The van der Waals surface area contributed by atoms with E-state index in [0.717, 1.165) is 28.9 Å². The Morgan fingerprint density at radius 1 is 1.10 bits per heavy atom. The molecule has 1 aromatic carbocycles. The van der Waals surface area contributed by atoms with Gasteiger partial charge in [-0.2, -0.15) is 5.10 Å².